The Morgan fingerprint density at radius 1 is 0.322 bits per heavy atom. The van der Waals surface area contributed by atoms with E-state index in [-0.39, 0.29) is 25.7 Å². The summed E-state index contributed by atoms with van der Waals surface area (Å²) >= 11 is 0. The Kier molecular flexibility index (Phi) is 61.8. The van der Waals surface area contributed by atoms with E-state index in [0.717, 1.165) is 102 Å². The summed E-state index contributed by atoms with van der Waals surface area (Å²) in [5.74, 6) is -0.546. The first-order chi connectivity index (χ1) is 43.4. The van der Waals surface area contributed by atoms with E-state index < -0.39 is 97.5 Å². The molecule has 0 aliphatic heterocycles. The maximum Gasteiger partial charge on any atom is 0.472 e. The first-order valence-electron chi connectivity index (χ1n) is 37.0. The highest BCUT2D eigenvalue weighted by atomic mass is 31.2. The van der Waals surface area contributed by atoms with Crippen molar-refractivity contribution in [1.29, 1.82) is 0 Å². The van der Waals surface area contributed by atoms with Gasteiger partial charge in [-0.1, -0.05) is 311 Å². The number of hydrogen-bond acceptors (Lipinski definition) is 15. The zero-order valence-electron chi connectivity index (χ0n) is 58.4. The number of carbonyl (C=O) groups excluding carboxylic acids is 4. The van der Waals surface area contributed by atoms with Gasteiger partial charge in [0, 0.05) is 25.7 Å². The SMILES string of the molecule is CCCCCCCCCCCCCCC(=O)O[C@H](COC(=O)CCCCCCCCCCCC)COP(=O)(O)OC[C@H](O)COP(=O)(O)OC[C@@H](COC(=O)CCCCCCCCCCCCC(C)CC)OC(=O)CCCCCCCCCCCCCC(C)C. The molecule has 0 saturated heterocycles. The van der Waals surface area contributed by atoms with Gasteiger partial charge in [0.2, 0.25) is 0 Å². The first-order valence-corrected chi connectivity index (χ1v) is 40.0. The van der Waals surface area contributed by atoms with Crippen LogP contribution in [-0.4, -0.2) is 96.7 Å². The molecular weight excluding hydrogens is 1190 g/mol. The zero-order valence-corrected chi connectivity index (χ0v) is 60.2. The third kappa shape index (κ3) is 63.5. The molecule has 90 heavy (non-hydrogen) atoms. The van der Waals surface area contributed by atoms with Crippen LogP contribution in [0.5, 0.6) is 0 Å². The topological polar surface area (TPSA) is 237 Å². The highest BCUT2D eigenvalue weighted by Gasteiger charge is 2.30. The van der Waals surface area contributed by atoms with Crippen molar-refractivity contribution in [2.75, 3.05) is 39.6 Å². The van der Waals surface area contributed by atoms with Crippen LogP contribution in [0.2, 0.25) is 0 Å². The number of phosphoric ester groups is 2. The predicted octanol–water partition coefficient (Wildman–Crippen LogP) is 20.4. The van der Waals surface area contributed by atoms with E-state index in [1.807, 2.05) is 0 Å². The van der Waals surface area contributed by atoms with E-state index in [4.69, 9.17) is 37.0 Å². The molecule has 0 rings (SSSR count). The largest absolute Gasteiger partial charge is 0.472 e. The molecule has 534 valence electrons. The van der Waals surface area contributed by atoms with Gasteiger partial charge in [-0.2, -0.15) is 0 Å². The summed E-state index contributed by atoms with van der Waals surface area (Å²) in [4.78, 5) is 72.6. The molecular formula is C71H138O17P2. The van der Waals surface area contributed by atoms with Crippen LogP contribution >= 0.6 is 15.6 Å². The van der Waals surface area contributed by atoms with Crippen molar-refractivity contribution in [1.82, 2.24) is 0 Å². The summed E-state index contributed by atoms with van der Waals surface area (Å²) in [5.41, 5.74) is 0. The number of unbranched alkanes of at least 4 members (excludes halogenated alkanes) is 39. The maximum absolute atomic E-state index is 13.0. The molecule has 0 heterocycles. The Balaban J connectivity index is 5.26. The Morgan fingerprint density at radius 2 is 0.567 bits per heavy atom. The monoisotopic (exact) mass is 1320 g/mol. The van der Waals surface area contributed by atoms with E-state index in [2.05, 4.69) is 41.5 Å². The minimum Gasteiger partial charge on any atom is -0.462 e. The van der Waals surface area contributed by atoms with Gasteiger partial charge in [-0.05, 0) is 37.5 Å². The van der Waals surface area contributed by atoms with Gasteiger partial charge in [0.15, 0.2) is 12.2 Å². The Bertz CT molecular complexity index is 1750. The molecule has 0 aromatic heterocycles. The van der Waals surface area contributed by atoms with E-state index in [9.17, 15) is 43.2 Å². The summed E-state index contributed by atoms with van der Waals surface area (Å²) in [5, 5.41) is 10.6. The van der Waals surface area contributed by atoms with Gasteiger partial charge >= 0.3 is 39.5 Å². The molecule has 0 aliphatic rings. The fourth-order valence-corrected chi connectivity index (χ4v) is 12.3. The summed E-state index contributed by atoms with van der Waals surface area (Å²) in [6.45, 7) is 9.58. The fraction of sp³-hybridized carbons (Fsp3) is 0.944. The lowest BCUT2D eigenvalue weighted by atomic mass is 9.99. The lowest BCUT2D eigenvalue weighted by Crippen LogP contribution is -2.30. The van der Waals surface area contributed by atoms with E-state index in [0.29, 0.717) is 25.7 Å². The highest BCUT2D eigenvalue weighted by molar-refractivity contribution is 7.47. The second kappa shape index (κ2) is 63.1. The lowest BCUT2D eigenvalue weighted by Gasteiger charge is -2.21. The van der Waals surface area contributed by atoms with Gasteiger partial charge in [0.1, 0.15) is 19.3 Å². The molecule has 0 aliphatic carbocycles. The molecule has 0 amide bonds. The molecule has 0 saturated carbocycles. The van der Waals surface area contributed by atoms with Crippen molar-refractivity contribution in [3.05, 3.63) is 0 Å². The average molecular weight is 1330 g/mol. The van der Waals surface area contributed by atoms with Crippen molar-refractivity contribution in [3.63, 3.8) is 0 Å². The van der Waals surface area contributed by atoms with Gasteiger partial charge in [0.05, 0.1) is 26.4 Å². The third-order valence-electron chi connectivity index (χ3n) is 16.8. The summed E-state index contributed by atoms with van der Waals surface area (Å²) in [6.07, 6.45) is 48.3. The predicted molar refractivity (Wildman–Crippen MR) is 363 cm³/mol. The van der Waals surface area contributed by atoms with Gasteiger partial charge in [-0.25, -0.2) is 9.13 Å². The fourth-order valence-electron chi connectivity index (χ4n) is 10.7. The van der Waals surface area contributed by atoms with Crippen molar-refractivity contribution < 1.29 is 80.2 Å². The first kappa shape index (κ1) is 88.1. The second-order valence-electron chi connectivity index (χ2n) is 26.3. The molecule has 3 unspecified atom stereocenters. The minimum absolute atomic E-state index is 0.106. The van der Waals surface area contributed by atoms with Gasteiger partial charge in [-0.3, -0.25) is 37.3 Å². The molecule has 0 fully saturated rings. The van der Waals surface area contributed by atoms with Crippen molar-refractivity contribution in [2.24, 2.45) is 11.8 Å². The Labute approximate surface area is 549 Å². The van der Waals surface area contributed by atoms with Crippen LogP contribution in [-0.2, 0) is 65.4 Å². The highest BCUT2D eigenvalue weighted by Crippen LogP contribution is 2.45. The summed E-state index contributed by atoms with van der Waals surface area (Å²) < 4.78 is 68.3. The van der Waals surface area contributed by atoms with Crippen LogP contribution < -0.4 is 0 Å². The average Bonchev–Trinajstić information content (AvgIpc) is 2.82. The molecule has 0 aromatic rings. The van der Waals surface area contributed by atoms with Crippen LogP contribution in [0.1, 0.15) is 363 Å². The molecule has 0 spiro atoms. The number of hydrogen-bond donors (Lipinski definition) is 3. The number of phosphoric acid groups is 2. The van der Waals surface area contributed by atoms with Gasteiger partial charge < -0.3 is 33.8 Å². The Hall–Kier alpha value is -1.94. The Morgan fingerprint density at radius 3 is 0.844 bits per heavy atom. The van der Waals surface area contributed by atoms with Crippen LogP contribution in [0.4, 0.5) is 0 Å². The molecule has 6 atom stereocenters. The van der Waals surface area contributed by atoms with E-state index in [1.165, 1.54) is 180 Å². The number of aliphatic hydroxyl groups is 1. The van der Waals surface area contributed by atoms with Crippen molar-refractivity contribution in [3.8, 4) is 0 Å². The molecule has 3 N–H and O–H groups in total. The summed E-state index contributed by atoms with van der Waals surface area (Å²) in [6, 6.07) is 0. The second-order valence-corrected chi connectivity index (χ2v) is 29.3. The number of ether oxygens (including phenoxy) is 4. The quantitative estimate of drug-likeness (QED) is 0.0222. The normalized spacial score (nSPS) is 14.4. The van der Waals surface area contributed by atoms with E-state index in [1.54, 1.807) is 0 Å². The van der Waals surface area contributed by atoms with Gasteiger partial charge in [-0.15, -0.1) is 0 Å². The molecule has 19 heteroatoms. The maximum atomic E-state index is 13.0. The van der Waals surface area contributed by atoms with E-state index >= 15 is 0 Å². The molecule has 0 radical (unpaired) electrons. The number of aliphatic hydroxyl groups excluding tert-OH is 1. The third-order valence-corrected chi connectivity index (χ3v) is 18.7. The molecule has 17 nitrogen and oxygen atoms in total. The smallest absolute Gasteiger partial charge is 0.462 e. The van der Waals surface area contributed by atoms with Crippen LogP contribution in [0.15, 0.2) is 0 Å². The molecule has 0 bridgehead atoms. The van der Waals surface area contributed by atoms with Crippen LogP contribution in [0.25, 0.3) is 0 Å². The number of rotatable bonds is 70. The minimum atomic E-state index is -4.95. The van der Waals surface area contributed by atoms with Crippen LogP contribution in [0, 0.1) is 11.8 Å². The zero-order chi connectivity index (χ0) is 66.5. The van der Waals surface area contributed by atoms with Gasteiger partial charge in [0.25, 0.3) is 0 Å². The number of esters is 4. The van der Waals surface area contributed by atoms with Crippen molar-refractivity contribution in [2.45, 2.75) is 381 Å². The lowest BCUT2D eigenvalue weighted by molar-refractivity contribution is -0.161. The molecule has 0 aromatic carbocycles. The summed E-state index contributed by atoms with van der Waals surface area (Å²) in [7, 11) is -9.90. The standard InChI is InChI=1S/C71H138O17P2/c1-7-10-12-14-16-18-20-23-31-37-43-49-55-70(75)87-66(59-81-68(73)53-47-41-35-29-19-17-15-13-11-8-2)61-85-89(77,78)83-57-65(72)58-84-90(79,80)86-62-67(88-71(76)56-50-44-38-32-24-21-22-27-33-39-45-51-63(4)5)60-82-69(74)54-48-42-36-30-26-25-28-34-40-46-52-64(6)9-3/h63-67,72H,7-62H2,1-6H3,(H,77,78)(H,79,80)/t64?,65-,66+,67+/m0/s1. The van der Waals surface area contributed by atoms with Crippen molar-refractivity contribution >= 4 is 39.5 Å². The number of carbonyl (C=O) groups is 4. The van der Waals surface area contributed by atoms with Crippen LogP contribution in [0.3, 0.4) is 0 Å².